The molecule has 3 aromatic carbocycles. The van der Waals surface area contributed by atoms with Crippen LogP contribution in [0, 0.1) is 6.92 Å². The van der Waals surface area contributed by atoms with Crippen LogP contribution < -0.4 is 10.6 Å². The summed E-state index contributed by atoms with van der Waals surface area (Å²) in [6.45, 7) is 3.19. The number of amides is 2. The van der Waals surface area contributed by atoms with Gasteiger partial charge in [0.05, 0.1) is 10.6 Å². The Morgan fingerprint density at radius 2 is 1.64 bits per heavy atom. The fourth-order valence-electron chi connectivity index (χ4n) is 4.23. The van der Waals surface area contributed by atoms with E-state index in [4.69, 9.17) is 0 Å². The van der Waals surface area contributed by atoms with E-state index < -0.39 is 0 Å². The van der Waals surface area contributed by atoms with Gasteiger partial charge in [-0.15, -0.1) is 11.3 Å². The van der Waals surface area contributed by atoms with Gasteiger partial charge in [-0.3, -0.25) is 0 Å². The second-order valence-electron chi connectivity index (χ2n) is 8.02. The molecule has 0 radical (unpaired) electrons. The predicted octanol–water partition coefficient (Wildman–Crippen LogP) is 7.05. The van der Waals surface area contributed by atoms with E-state index in [9.17, 15) is 4.79 Å². The lowest BCUT2D eigenvalue weighted by Gasteiger charge is -2.13. The maximum atomic E-state index is 12.7. The molecule has 5 rings (SSSR count). The molecule has 0 saturated heterocycles. The fraction of sp³-hybridized carbons (Fsp3) is 0.107. The summed E-state index contributed by atoms with van der Waals surface area (Å²) in [5.74, 6) is 0. The van der Waals surface area contributed by atoms with Gasteiger partial charge in [0.25, 0.3) is 0 Å². The van der Waals surface area contributed by atoms with Crippen LogP contribution in [0.4, 0.5) is 10.5 Å². The van der Waals surface area contributed by atoms with E-state index in [0.29, 0.717) is 6.54 Å². The van der Waals surface area contributed by atoms with E-state index in [-0.39, 0.29) is 6.03 Å². The number of hydrogen-bond acceptors (Lipinski definition) is 2. The number of anilines is 1. The molecule has 0 unspecified atom stereocenters. The van der Waals surface area contributed by atoms with Crippen LogP contribution in [0.25, 0.3) is 21.5 Å². The summed E-state index contributed by atoms with van der Waals surface area (Å²) in [5.41, 5.74) is 6.55. The number of rotatable bonds is 6. The molecule has 2 N–H and O–H groups in total. The number of urea groups is 1. The van der Waals surface area contributed by atoms with Crippen LogP contribution >= 0.6 is 11.3 Å². The first kappa shape index (κ1) is 21.0. The summed E-state index contributed by atoms with van der Waals surface area (Å²) in [6, 6.07) is 30.7. The zero-order valence-corrected chi connectivity index (χ0v) is 19.2. The van der Waals surface area contributed by atoms with Crippen LogP contribution in [0.3, 0.4) is 0 Å². The summed E-state index contributed by atoms with van der Waals surface area (Å²) in [5, 5.41) is 9.32. The molecule has 0 aliphatic carbocycles. The second kappa shape index (κ2) is 9.35. The van der Waals surface area contributed by atoms with E-state index >= 15 is 0 Å². The number of para-hydroxylation sites is 2. The van der Waals surface area contributed by atoms with Gasteiger partial charge in [0.15, 0.2) is 0 Å². The zero-order valence-electron chi connectivity index (χ0n) is 18.4. The van der Waals surface area contributed by atoms with Crippen LogP contribution in [0.2, 0.25) is 0 Å². The monoisotopic (exact) mass is 451 g/mol. The minimum Gasteiger partial charge on any atom is -0.335 e. The molecule has 0 aliphatic heterocycles. The number of benzene rings is 3. The van der Waals surface area contributed by atoms with Gasteiger partial charge >= 0.3 is 6.03 Å². The number of nitrogens with zero attached hydrogens (tertiary/aromatic N) is 1. The predicted molar refractivity (Wildman–Crippen MR) is 138 cm³/mol. The molecular formula is C28H25N3OS. The summed E-state index contributed by atoms with van der Waals surface area (Å²) < 4.78 is 2.37. The number of nitrogens with one attached hydrogen (secondary N) is 2. The number of carbonyl (C=O) groups is 1. The molecule has 5 heteroatoms. The van der Waals surface area contributed by atoms with Crippen molar-refractivity contribution in [3.63, 3.8) is 0 Å². The summed E-state index contributed by atoms with van der Waals surface area (Å²) in [6.07, 6.45) is 0. The van der Waals surface area contributed by atoms with Crippen molar-refractivity contribution < 1.29 is 4.79 Å². The Morgan fingerprint density at radius 3 is 2.42 bits per heavy atom. The minimum absolute atomic E-state index is 0.207. The van der Waals surface area contributed by atoms with Gasteiger partial charge in [0.1, 0.15) is 0 Å². The Morgan fingerprint density at radius 1 is 0.879 bits per heavy atom. The van der Waals surface area contributed by atoms with E-state index in [0.717, 1.165) is 34.4 Å². The van der Waals surface area contributed by atoms with Gasteiger partial charge in [-0.2, -0.15) is 0 Å². The van der Waals surface area contributed by atoms with Crippen molar-refractivity contribution in [2.75, 3.05) is 5.32 Å². The molecule has 2 aromatic heterocycles. The fourth-order valence-corrected chi connectivity index (χ4v) is 5.03. The van der Waals surface area contributed by atoms with Crippen molar-refractivity contribution in [2.45, 2.75) is 20.0 Å². The largest absolute Gasteiger partial charge is 0.335 e. The van der Waals surface area contributed by atoms with Gasteiger partial charge in [-0.05, 0) is 41.6 Å². The maximum absolute atomic E-state index is 12.7. The topological polar surface area (TPSA) is 46.1 Å². The van der Waals surface area contributed by atoms with Gasteiger partial charge in [0.2, 0.25) is 0 Å². The van der Waals surface area contributed by atoms with Gasteiger partial charge in [-0.25, -0.2) is 4.79 Å². The molecule has 2 amide bonds. The standard InChI is InChI=1S/C28H25N3OS/c1-20-10-5-7-14-24(20)30-28(32)29-18-23-22-13-6-8-15-25(22)31(19-21-11-3-2-4-12-21)27(23)26-16-9-17-33-26/h2-17H,18-19H2,1H3,(H2,29,30,32). The molecule has 4 nitrogen and oxygen atoms in total. The lowest BCUT2D eigenvalue weighted by Crippen LogP contribution is -2.28. The van der Waals surface area contributed by atoms with E-state index in [1.807, 2.05) is 37.3 Å². The van der Waals surface area contributed by atoms with E-state index in [1.165, 1.54) is 16.0 Å². The Hall–Kier alpha value is -3.83. The summed E-state index contributed by atoms with van der Waals surface area (Å²) in [7, 11) is 0. The van der Waals surface area contributed by atoms with Gasteiger partial charge in [0, 0.05) is 35.2 Å². The Labute approximate surface area is 197 Å². The van der Waals surface area contributed by atoms with Crippen LogP contribution in [0.1, 0.15) is 16.7 Å². The first-order chi connectivity index (χ1) is 16.2. The lowest BCUT2D eigenvalue weighted by atomic mass is 10.1. The van der Waals surface area contributed by atoms with E-state index in [2.05, 4.69) is 81.2 Å². The highest BCUT2D eigenvalue weighted by Gasteiger charge is 2.20. The number of thiophene rings is 1. The smallest absolute Gasteiger partial charge is 0.319 e. The number of fused-ring (bicyclic) bond motifs is 1. The van der Waals surface area contributed by atoms with E-state index in [1.54, 1.807) is 11.3 Å². The van der Waals surface area contributed by atoms with Crippen LogP contribution in [-0.4, -0.2) is 10.6 Å². The number of carbonyl (C=O) groups excluding carboxylic acids is 1. The minimum atomic E-state index is -0.207. The van der Waals surface area contributed by atoms with Crippen molar-refractivity contribution >= 4 is 34.0 Å². The average Bonchev–Trinajstić information content (AvgIpc) is 3.47. The molecule has 0 atom stereocenters. The average molecular weight is 452 g/mol. The van der Waals surface area contributed by atoms with Crippen molar-refractivity contribution in [3.8, 4) is 10.6 Å². The van der Waals surface area contributed by atoms with Crippen LogP contribution in [0.15, 0.2) is 96.4 Å². The van der Waals surface area contributed by atoms with Gasteiger partial charge in [-0.1, -0.05) is 72.8 Å². The van der Waals surface area contributed by atoms with Crippen molar-refractivity contribution in [1.82, 2.24) is 9.88 Å². The molecular weight excluding hydrogens is 426 g/mol. The number of aromatic nitrogens is 1. The van der Waals surface area contributed by atoms with Crippen molar-refractivity contribution in [2.24, 2.45) is 0 Å². The van der Waals surface area contributed by atoms with Crippen LogP contribution in [0.5, 0.6) is 0 Å². The molecule has 5 aromatic rings. The number of aryl methyl sites for hydroxylation is 1. The first-order valence-corrected chi connectivity index (χ1v) is 11.9. The molecule has 0 fully saturated rings. The quantitative estimate of drug-likeness (QED) is 0.285. The molecule has 2 heterocycles. The Kier molecular flexibility index (Phi) is 5.96. The van der Waals surface area contributed by atoms with Crippen molar-refractivity contribution in [1.29, 1.82) is 0 Å². The highest BCUT2D eigenvalue weighted by Crippen LogP contribution is 2.36. The summed E-state index contributed by atoms with van der Waals surface area (Å²) in [4.78, 5) is 13.9. The molecule has 164 valence electrons. The Bertz CT molecular complexity index is 1390. The van der Waals surface area contributed by atoms with Crippen molar-refractivity contribution in [3.05, 3.63) is 113 Å². The highest BCUT2D eigenvalue weighted by atomic mass is 32.1. The molecule has 33 heavy (non-hydrogen) atoms. The zero-order chi connectivity index (χ0) is 22.6. The lowest BCUT2D eigenvalue weighted by molar-refractivity contribution is 0.252. The SMILES string of the molecule is Cc1ccccc1NC(=O)NCc1c(-c2cccs2)n(Cc2ccccc2)c2ccccc12. The third-order valence-electron chi connectivity index (χ3n) is 5.83. The third-order valence-corrected chi connectivity index (χ3v) is 6.71. The van der Waals surface area contributed by atoms with Gasteiger partial charge < -0.3 is 15.2 Å². The third kappa shape index (κ3) is 4.41. The molecule has 0 aliphatic rings. The highest BCUT2D eigenvalue weighted by molar-refractivity contribution is 7.13. The Balaban J connectivity index is 1.52. The second-order valence-corrected chi connectivity index (χ2v) is 8.96. The molecule has 0 saturated carbocycles. The maximum Gasteiger partial charge on any atom is 0.319 e. The summed E-state index contributed by atoms with van der Waals surface area (Å²) >= 11 is 1.72. The molecule has 0 spiro atoms. The first-order valence-electron chi connectivity index (χ1n) is 11.0. The molecule has 0 bridgehead atoms. The normalized spacial score (nSPS) is 10.9. The van der Waals surface area contributed by atoms with Crippen LogP contribution in [-0.2, 0) is 13.1 Å². The number of hydrogen-bond donors (Lipinski definition) is 2.